The summed E-state index contributed by atoms with van der Waals surface area (Å²) in [6.45, 7) is 0. The lowest BCUT2D eigenvalue weighted by Crippen LogP contribution is -2.13. The van der Waals surface area contributed by atoms with E-state index in [1.807, 2.05) is 66.7 Å². The van der Waals surface area contributed by atoms with Crippen molar-refractivity contribution in [2.75, 3.05) is 14.2 Å². The number of nitrogens with one attached hydrogen (secondary N) is 1. The maximum Gasteiger partial charge on any atom is 0.271 e. The van der Waals surface area contributed by atoms with Crippen LogP contribution < -0.4 is 19.8 Å². The molecule has 0 amide bonds. The van der Waals surface area contributed by atoms with Gasteiger partial charge in [0.1, 0.15) is 11.5 Å². The predicted molar refractivity (Wildman–Crippen MR) is 131 cm³/mol. The van der Waals surface area contributed by atoms with Gasteiger partial charge in [-0.25, -0.2) is 4.68 Å². The SMILES string of the molecule is COc1cc2nccc(Oc3ccc(-n4[nH]c(Cc5ccccc5)cc4=O)cc3)c2cc1OC. The summed E-state index contributed by atoms with van der Waals surface area (Å²) in [5.74, 6) is 2.48. The molecule has 5 rings (SSSR count). The molecule has 7 heteroatoms. The van der Waals surface area contributed by atoms with Crippen LogP contribution in [0.15, 0.2) is 89.9 Å². The molecule has 0 bridgehead atoms. The highest BCUT2D eigenvalue weighted by atomic mass is 16.5. The van der Waals surface area contributed by atoms with E-state index < -0.39 is 0 Å². The normalized spacial score (nSPS) is 10.9. The average Bonchev–Trinajstić information content (AvgIpc) is 3.24. The van der Waals surface area contributed by atoms with Gasteiger partial charge in [0, 0.05) is 35.8 Å². The van der Waals surface area contributed by atoms with Gasteiger partial charge in [0.15, 0.2) is 11.5 Å². The summed E-state index contributed by atoms with van der Waals surface area (Å²) in [6.07, 6.45) is 2.35. The van der Waals surface area contributed by atoms with Gasteiger partial charge in [-0.1, -0.05) is 30.3 Å². The summed E-state index contributed by atoms with van der Waals surface area (Å²) in [7, 11) is 3.18. The Kier molecular flexibility index (Phi) is 5.74. The molecule has 0 fully saturated rings. The Balaban J connectivity index is 1.39. The number of pyridine rings is 1. The van der Waals surface area contributed by atoms with Crippen LogP contribution in [-0.2, 0) is 6.42 Å². The molecule has 0 aliphatic rings. The highest BCUT2D eigenvalue weighted by Gasteiger charge is 2.12. The Bertz CT molecular complexity index is 1490. The molecule has 2 heterocycles. The Labute approximate surface area is 196 Å². The van der Waals surface area contributed by atoms with Crippen molar-refractivity contribution in [2.45, 2.75) is 6.42 Å². The van der Waals surface area contributed by atoms with E-state index in [0.29, 0.717) is 29.4 Å². The zero-order valence-electron chi connectivity index (χ0n) is 18.8. The first-order valence-electron chi connectivity index (χ1n) is 10.8. The van der Waals surface area contributed by atoms with E-state index in [0.717, 1.165) is 27.8 Å². The summed E-state index contributed by atoms with van der Waals surface area (Å²) in [5, 5.41) is 3.99. The van der Waals surface area contributed by atoms with Crippen molar-refractivity contribution >= 4 is 10.9 Å². The first-order valence-corrected chi connectivity index (χ1v) is 10.8. The van der Waals surface area contributed by atoms with Gasteiger partial charge in [0.05, 0.1) is 25.4 Å². The van der Waals surface area contributed by atoms with Gasteiger partial charge in [-0.05, 0) is 42.0 Å². The Hall–Kier alpha value is -4.52. The predicted octanol–water partition coefficient (Wildman–Crippen LogP) is 5.11. The average molecular weight is 453 g/mol. The molecule has 0 spiro atoms. The van der Waals surface area contributed by atoms with Gasteiger partial charge < -0.3 is 14.2 Å². The lowest BCUT2D eigenvalue weighted by molar-refractivity contribution is 0.355. The molecule has 0 radical (unpaired) electrons. The zero-order valence-corrected chi connectivity index (χ0v) is 18.8. The largest absolute Gasteiger partial charge is 0.493 e. The molecule has 170 valence electrons. The number of ether oxygens (including phenoxy) is 3. The number of hydrogen-bond donors (Lipinski definition) is 1. The Morgan fingerprint density at radius 2 is 1.59 bits per heavy atom. The zero-order chi connectivity index (χ0) is 23.5. The third-order valence-electron chi connectivity index (χ3n) is 5.54. The van der Waals surface area contributed by atoms with Crippen LogP contribution in [0.5, 0.6) is 23.0 Å². The van der Waals surface area contributed by atoms with E-state index in [9.17, 15) is 4.79 Å². The summed E-state index contributed by atoms with van der Waals surface area (Å²) < 4.78 is 18.5. The van der Waals surface area contributed by atoms with Crippen molar-refractivity contribution in [3.63, 3.8) is 0 Å². The van der Waals surface area contributed by atoms with Crippen LogP contribution in [0, 0.1) is 0 Å². The fraction of sp³-hybridized carbons (Fsp3) is 0.111. The minimum absolute atomic E-state index is 0.110. The van der Waals surface area contributed by atoms with Crippen molar-refractivity contribution in [3.05, 3.63) is 107 Å². The molecule has 7 nitrogen and oxygen atoms in total. The third-order valence-corrected chi connectivity index (χ3v) is 5.54. The highest BCUT2D eigenvalue weighted by Crippen LogP contribution is 2.36. The molecule has 5 aromatic rings. The molecule has 3 aromatic carbocycles. The van der Waals surface area contributed by atoms with Gasteiger partial charge in [0.2, 0.25) is 0 Å². The molecule has 0 unspecified atom stereocenters. The van der Waals surface area contributed by atoms with E-state index >= 15 is 0 Å². The van der Waals surface area contributed by atoms with Crippen LogP contribution >= 0.6 is 0 Å². The fourth-order valence-electron chi connectivity index (χ4n) is 3.87. The van der Waals surface area contributed by atoms with Crippen LogP contribution in [0.3, 0.4) is 0 Å². The second kappa shape index (κ2) is 9.15. The minimum atomic E-state index is -0.110. The first-order chi connectivity index (χ1) is 16.6. The molecule has 0 saturated heterocycles. The third kappa shape index (κ3) is 4.23. The highest BCUT2D eigenvalue weighted by molar-refractivity contribution is 5.88. The fourth-order valence-corrected chi connectivity index (χ4v) is 3.87. The van der Waals surface area contributed by atoms with Gasteiger partial charge in [-0.15, -0.1) is 0 Å². The first kappa shape index (κ1) is 21.3. The number of nitrogens with zero attached hydrogens (tertiary/aromatic N) is 2. The van der Waals surface area contributed by atoms with Crippen molar-refractivity contribution in [1.29, 1.82) is 0 Å². The standard InChI is InChI=1S/C27H23N3O4/c1-32-25-16-22-23(17-26(25)33-2)28-13-12-24(22)34-21-10-8-20(9-11-21)30-27(31)15-19(29-30)14-18-6-4-3-5-7-18/h3-13,15-17,29H,14H2,1-2H3. The molecular weight excluding hydrogens is 430 g/mol. The second-order valence-corrected chi connectivity index (χ2v) is 7.75. The Morgan fingerprint density at radius 1 is 0.853 bits per heavy atom. The van der Waals surface area contributed by atoms with Crippen LogP contribution in [-0.4, -0.2) is 29.0 Å². The molecule has 0 saturated carbocycles. The Morgan fingerprint density at radius 3 is 2.32 bits per heavy atom. The van der Waals surface area contributed by atoms with Crippen LogP contribution in [0.1, 0.15) is 11.3 Å². The quantitative estimate of drug-likeness (QED) is 0.370. The number of methoxy groups -OCH3 is 2. The lowest BCUT2D eigenvalue weighted by Gasteiger charge is -2.12. The number of rotatable bonds is 7. The van der Waals surface area contributed by atoms with Crippen LogP contribution in [0.2, 0.25) is 0 Å². The van der Waals surface area contributed by atoms with E-state index in [4.69, 9.17) is 14.2 Å². The molecule has 0 atom stereocenters. The van der Waals surface area contributed by atoms with Crippen LogP contribution in [0.25, 0.3) is 16.6 Å². The van der Waals surface area contributed by atoms with E-state index in [1.54, 1.807) is 32.5 Å². The number of aromatic nitrogens is 3. The van der Waals surface area contributed by atoms with E-state index in [1.165, 1.54) is 4.68 Å². The summed E-state index contributed by atoms with van der Waals surface area (Å²) in [4.78, 5) is 16.9. The van der Waals surface area contributed by atoms with Crippen molar-refractivity contribution in [1.82, 2.24) is 14.8 Å². The smallest absolute Gasteiger partial charge is 0.271 e. The van der Waals surface area contributed by atoms with Crippen LogP contribution in [0.4, 0.5) is 0 Å². The van der Waals surface area contributed by atoms with Gasteiger partial charge in [-0.3, -0.25) is 14.9 Å². The monoisotopic (exact) mass is 453 g/mol. The minimum Gasteiger partial charge on any atom is -0.493 e. The number of aromatic amines is 1. The molecule has 2 aromatic heterocycles. The summed E-state index contributed by atoms with van der Waals surface area (Å²) in [6, 6.07) is 24.4. The maximum absolute atomic E-state index is 12.5. The molecule has 0 aliphatic carbocycles. The van der Waals surface area contributed by atoms with Crippen molar-refractivity contribution in [2.24, 2.45) is 0 Å². The van der Waals surface area contributed by atoms with Gasteiger partial charge >= 0.3 is 0 Å². The maximum atomic E-state index is 12.5. The van der Waals surface area contributed by atoms with E-state index in [2.05, 4.69) is 10.1 Å². The topological polar surface area (TPSA) is 78.4 Å². The van der Waals surface area contributed by atoms with Gasteiger partial charge in [-0.2, -0.15) is 0 Å². The molecule has 34 heavy (non-hydrogen) atoms. The number of fused-ring (bicyclic) bond motifs is 1. The van der Waals surface area contributed by atoms with E-state index in [-0.39, 0.29) is 5.56 Å². The number of H-pyrrole nitrogens is 1. The molecular formula is C27H23N3O4. The summed E-state index contributed by atoms with van der Waals surface area (Å²) >= 11 is 0. The van der Waals surface area contributed by atoms with Crippen molar-refractivity contribution in [3.8, 4) is 28.7 Å². The molecule has 0 aliphatic heterocycles. The lowest BCUT2D eigenvalue weighted by atomic mass is 10.1. The number of hydrogen-bond acceptors (Lipinski definition) is 5. The number of benzene rings is 3. The molecule has 1 N–H and O–H groups in total. The second-order valence-electron chi connectivity index (χ2n) is 7.75. The van der Waals surface area contributed by atoms with Gasteiger partial charge in [0.25, 0.3) is 5.56 Å². The summed E-state index contributed by atoms with van der Waals surface area (Å²) in [5.41, 5.74) is 3.33. The van der Waals surface area contributed by atoms with Crippen molar-refractivity contribution < 1.29 is 14.2 Å².